The quantitative estimate of drug-likeness (QED) is 0.132. The minimum absolute atomic E-state index is 0.216. The number of aryl methyl sites for hydroxylation is 3. The molecule has 8 nitrogen and oxygen atoms in total. The molecule has 0 spiro atoms. The normalized spacial score (nSPS) is 12.8. The molecule has 0 aliphatic heterocycles. The molecule has 0 bridgehead atoms. The molecule has 2 heterocycles. The zero-order valence-electron chi connectivity index (χ0n) is 27.8. The molecule has 0 amide bonds. The number of aliphatic imine (C=N–C) groups is 2. The van der Waals surface area contributed by atoms with E-state index in [0.29, 0.717) is 11.8 Å². The minimum Gasteiger partial charge on any atom is -0.475 e. The lowest BCUT2D eigenvalue weighted by Gasteiger charge is -2.31. The maximum Gasteiger partial charge on any atom is 0.344 e. The third kappa shape index (κ3) is 6.32. The minimum atomic E-state index is -0.216. The van der Waals surface area contributed by atoms with Crippen LogP contribution in [-0.4, -0.2) is 35.6 Å². The second kappa shape index (κ2) is 12.6. The zero-order chi connectivity index (χ0) is 32.4. The lowest BCUT2D eigenvalue weighted by atomic mass is 9.73. The molecular weight excluding hydrogens is 560 g/mol. The molecule has 0 radical (unpaired) electrons. The van der Waals surface area contributed by atoms with Crippen molar-refractivity contribution in [3.05, 3.63) is 131 Å². The Labute approximate surface area is 266 Å². The summed E-state index contributed by atoms with van der Waals surface area (Å²) in [6, 6.07) is 25.8. The van der Waals surface area contributed by atoms with Gasteiger partial charge in [-0.15, -0.1) is 0 Å². The van der Waals surface area contributed by atoms with Gasteiger partial charge in [-0.2, -0.15) is 0 Å². The van der Waals surface area contributed by atoms with Crippen molar-refractivity contribution in [1.82, 2.24) is 9.55 Å². The van der Waals surface area contributed by atoms with Crippen molar-refractivity contribution in [2.75, 3.05) is 14.2 Å². The van der Waals surface area contributed by atoms with E-state index < -0.39 is 0 Å². The van der Waals surface area contributed by atoms with Crippen molar-refractivity contribution in [3.63, 3.8) is 0 Å². The number of rotatable bonds is 8. The van der Waals surface area contributed by atoms with Gasteiger partial charge in [-0.1, -0.05) is 76.2 Å². The van der Waals surface area contributed by atoms with Crippen LogP contribution in [0.5, 0.6) is 0 Å². The third-order valence-corrected chi connectivity index (χ3v) is 8.78. The van der Waals surface area contributed by atoms with E-state index in [4.69, 9.17) is 19.5 Å². The summed E-state index contributed by atoms with van der Waals surface area (Å²) in [7, 11) is 9.21. The average molecular weight is 605 g/mol. The smallest absolute Gasteiger partial charge is 0.344 e. The number of hydrogen-bond acceptors (Lipinski definition) is 4. The van der Waals surface area contributed by atoms with Crippen LogP contribution < -0.4 is 9.13 Å². The third-order valence-electron chi connectivity index (χ3n) is 8.78. The molecule has 3 aromatic carbocycles. The Morgan fingerprint density at radius 1 is 0.689 bits per heavy atom. The van der Waals surface area contributed by atoms with Crippen molar-refractivity contribution in [1.29, 1.82) is 0 Å². The zero-order valence-corrected chi connectivity index (χ0v) is 27.8. The molecule has 0 saturated carbocycles. The van der Waals surface area contributed by atoms with Crippen LogP contribution in [0, 0.1) is 0 Å². The number of methoxy groups -OCH3 is 2. The van der Waals surface area contributed by atoms with Gasteiger partial charge in [0.05, 0.1) is 46.7 Å². The molecule has 232 valence electrons. The number of aromatic nitrogens is 4. The highest BCUT2D eigenvalue weighted by molar-refractivity contribution is 5.91. The molecule has 0 fully saturated rings. The summed E-state index contributed by atoms with van der Waals surface area (Å²) in [5, 5.41) is 0. The van der Waals surface area contributed by atoms with Gasteiger partial charge in [0.25, 0.3) is 0 Å². The number of nitrogens with one attached hydrogen (secondary N) is 1. The monoisotopic (exact) mass is 604 g/mol. The van der Waals surface area contributed by atoms with Gasteiger partial charge in [0, 0.05) is 10.8 Å². The molecule has 0 aliphatic carbocycles. The highest BCUT2D eigenvalue weighted by Gasteiger charge is 2.28. The fourth-order valence-corrected chi connectivity index (χ4v) is 5.66. The van der Waals surface area contributed by atoms with Crippen molar-refractivity contribution in [2.45, 2.75) is 38.5 Å². The van der Waals surface area contributed by atoms with Gasteiger partial charge in [-0.3, -0.25) is 0 Å². The van der Waals surface area contributed by atoms with Crippen LogP contribution in [-0.2, 0) is 41.4 Å². The molecule has 1 N–H and O–H groups in total. The van der Waals surface area contributed by atoms with E-state index in [1.807, 2.05) is 71.8 Å². The molecule has 8 heteroatoms. The Morgan fingerprint density at radius 3 is 1.62 bits per heavy atom. The number of hydrogen-bond donors (Lipinski definition) is 1. The Kier molecular flexibility index (Phi) is 8.77. The van der Waals surface area contributed by atoms with Crippen LogP contribution in [0.2, 0.25) is 0 Å². The number of aromatic amines is 1. The Hall–Kier alpha value is -4.98. The Balaban J connectivity index is 1.38. The summed E-state index contributed by atoms with van der Waals surface area (Å²) >= 11 is 0. The van der Waals surface area contributed by atoms with Gasteiger partial charge in [-0.05, 0) is 46.5 Å². The van der Waals surface area contributed by atoms with Crippen LogP contribution in [0.25, 0.3) is 0 Å². The summed E-state index contributed by atoms with van der Waals surface area (Å²) in [4.78, 5) is 12.7. The second-order valence-corrected chi connectivity index (χ2v) is 12.4. The summed E-state index contributed by atoms with van der Waals surface area (Å²) < 4.78 is 17.2. The van der Waals surface area contributed by atoms with Gasteiger partial charge in [0.15, 0.2) is 0 Å². The topological polar surface area (TPSA) is 71.7 Å². The SMILES string of the molecule is CO/C(=N\c1ccc(C(C)(C)c2cccc(C(C)(C)c3ccc(/N=C(\OC)c4n(C)cc[n+]4C)cc3)c2)cc1)c1[nH]cc[n+]1C. The number of H-pyrrole nitrogens is 1. The van der Waals surface area contributed by atoms with E-state index in [1.165, 1.54) is 22.3 Å². The van der Waals surface area contributed by atoms with Crippen molar-refractivity contribution >= 4 is 23.2 Å². The van der Waals surface area contributed by atoms with Crippen LogP contribution in [0.4, 0.5) is 11.4 Å². The van der Waals surface area contributed by atoms with Crippen molar-refractivity contribution in [3.8, 4) is 0 Å². The van der Waals surface area contributed by atoms with Gasteiger partial charge in [0.2, 0.25) is 0 Å². The number of ether oxygens (including phenoxy) is 2. The summed E-state index contributed by atoms with van der Waals surface area (Å²) in [5.74, 6) is 2.81. The van der Waals surface area contributed by atoms with Crippen molar-refractivity contribution < 1.29 is 18.6 Å². The summed E-state index contributed by atoms with van der Waals surface area (Å²) in [5.41, 5.74) is 6.17. The van der Waals surface area contributed by atoms with Gasteiger partial charge >= 0.3 is 23.4 Å². The molecular formula is C37H44N6O2+2. The van der Waals surface area contributed by atoms with Crippen LogP contribution in [0.1, 0.15) is 61.6 Å². The van der Waals surface area contributed by atoms with E-state index in [9.17, 15) is 0 Å². The largest absolute Gasteiger partial charge is 0.475 e. The van der Waals surface area contributed by atoms with Gasteiger partial charge in [0.1, 0.15) is 24.8 Å². The molecule has 5 aromatic rings. The van der Waals surface area contributed by atoms with Crippen LogP contribution >= 0.6 is 0 Å². The molecule has 0 atom stereocenters. The number of nitrogens with zero attached hydrogens (tertiary/aromatic N) is 5. The first kappa shape index (κ1) is 31.4. The molecule has 0 saturated heterocycles. The lowest BCUT2D eigenvalue weighted by Crippen LogP contribution is -2.35. The lowest BCUT2D eigenvalue weighted by molar-refractivity contribution is -0.672. The fraction of sp³-hybridized carbons (Fsp3) is 0.297. The maximum atomic E-state index is 5.65. The summed E-state index contributed by atoms with van der Waals surface area (Å²) in [6.45, 7) is 9.08. The van der Waals surface area contributed by atoms with Gasteiger partial charge in [-0.25, -0.2) is 28.7 Å². The van der Waals surface area contributed by atoms with Gasteiger partial charge < -0.3 is 9.47 Å². The number of benzene rings is 3. The van der Waals surface area contributed by atoms with E-state index >= 15 is 0 Å². The number of imidazole rings is 2. The molecule has 45 heavy (non-hydrogen) atoms. The highest BCUT2D eigenvalue weighted by Crippen LogP contribution is 2.37. The predicted octanol–water partition coefficient (Wildman–Crippen LogP) is 6.10. The van der Waals surface area contributed by atoms with Crippen LogP contribution in [0.3, 0.4) is 0 Å². The molecule has 0 aliphatic rings. The Morgan fingerprint density at radius 2 is 1.20 bits per heavy atom. The average Bonchev–Trinajstić information content (AvgIpc) is 3.62. The van der Waals surface area contributed by atoms with E-state index in [2.05, 4.69) is 93.3 Å². The Bertz CT molecular complexity index is 1820. The molecule has 2 aromatic heterocycles. The molecule has 0 unspecified atom stereocenters. The predicted molar refractivity (Wildman–Crippen MR) is 179 cm³/mol. The first-order chi connectivity index (χ1) is 21.4. The highest BCUT2D eigenvalue weighted by atomic mass is 16.5. The standard InChI is InChI=1S/C37H43N6O2/c1-36(2,26-13-17-30(18-14-26)39-33(44-8)32-38-21-22-41(32)5)28-11-10-12-29(25-28)37(3,4)27-15-19-31(20-16-27)40-34(45-9)35-42(6)23-24-43(35)7/h10-25H,1-9H3/q+1/p+1/b39-33-,40-34-. The van der Waals surface area contributed by atoms with Crippen LogP contribution in [0.15, 0.2) is 108 Å². The first-order valence-electron chi connectivity index (χ1n) is 15.1. The van der Waals surface area contributed by atoms with Crippen molar-refractivity contribution in [2.24, 2.45) is 31.1 Å². The van der Waals surface area contributed by atoms with E-state index in [0.717, 1.165) is 23.0 Å². The fourth-order valence-electron chi connectivity index (χ4n) is 5.66. The van der Waals surface area contributed by atoms with E-state index in [-0.39, 0.29) is 10.8 Å². The molecule has 5 rings (SSSR count). The first-order valence-corrected chi connectivity index (χ1v) is 15.1. The maximum absolute atomic E-state index is 5.65. The second-order valence-electron chi connectivity index (χ2n) is 12.4. The van der Waals surface area contributed by atoms with E-state index in [1.54, 1.807) is 14.2 Å². The summed E-state index contributed by atoms with van der Waals surface area (Å²) in [6.07, 6.45) is 7.76.